The average molecular weight is 513 g/mol. The van der Waals surface area contributed by atoms with Gasteiger partial charge in [0, 0.05) is 37.3 Å². The number of rotatable bonds is 9. The van der Waals surface area contributed by atoms with Gasteiger partial charge in [0.2, 0.25) is 6.41 Å². The number of anilines is 1. The molecule has 0 N–H and O–H groups in total. The van der Waals surface area contributed by atoms with Crippen LogP contribution in [0.3, 0.4) is 0 Å². The second-order valence-corrected chi connectivity index (χ2v) is 10.3. The van der Waals surface area contributed by atoms with Gasteiger partial charge in [0.05, 0.1) is 18.7 Å². The van der Waals surface area contributed by atoms with Gasteiger partial charge in [0.1, 0.15) is 25.0 Å². The molecule has 0 saturated carbocycles. The predicted molar refractivity (Wildman–Crippen MR) is 149 cm³/mol. The van der Waals surface area contributed by atoms with E-state index < -0.39 is 17.1 Å². The van der Waals surface area contributed by atoms with Gasteiger partial charge in [-0.2, -0.15) is 0 Å². The lowest BCUT2D eigenvalue weighted by Crippen LogP contribution is -2.53. The first-order valence-electron chi connectivity index (χ1n) is 11.5. The quantitative estimate of drug-likeness (QED) is 0.218. The van der Waals surface area contributed by atoms with E-state index in [0.29, 0.717) is 54.6 Å². The van der Waals surface area contributed by atoms with Crippen LogP contribution in [0.25, 0.3) is 0 Å². The van der Waals surface area contributed by atoms with Crippen LogP contribution < -0.4 is 9.64 Å². The molecule has 0 aromatic heterocycles. The van der Waals surface area contributed by atoms with Gasteiger partial charge >= 0.3 is 6.09 Å². The molecule has 1 heterocycles. The second-order valence-electron chi connectivity index (χ2n) is 9.47. The molecule has 0 saturated heterocycles. The molecule has 1 aromatic rings. The highest BCUT2D eigenvalue weighted by Gasteiger charge is 2.42. The summed E-state index contributed by atoms with van der Waals surface area (Å²) >= 11 is 1.54. The number of hydrogen-bond donors (Lipinski definition) is 0. The smallest absolute Gasteiger partial charge is 0.414 e. The first kappa shape index (κ1) is 29.4. The first-order valence-corrected chi connectivity index (χ1v) is 12.9. The van der Waals surface area contributed by atoms with E-state index in [4.69, 9.17) is 17.3 Å². The third kappa shape index (κ3) is 6.70. The van der Waals surface area contributed by atoms with Crippen LogP contribution in [0.1, 0.15) is 32.8 Å². The van der Waals surface area contributed by atoms with Gasteiger partial charge < -0.3 is 19.3 Å². The maximum atomic E-state index is 13.1. The van der Waals surface area contributed by atoms with Gasteiger partial charge in [-0.25, -0.2) is 4.79 Å². The lowest BCUT2D eigenvalue weighted by atomic mass is 9.66. The van der Waals surface area contributed by atoms with Crippen LogP contribution in [0, 0.1) is 0 Å². The topological polar surface area (TPSA) is 87.0 Å². The van der Waals surface area contributed by atoms with Crippen molar-refractivity contribution < 1.29 is 19.1 Å². The SMILES string of the molecule is [B]C1(N(C)CC(=C/N=C)/C(=N\CSC)N(C)C=O)CCN(C(=O)OC(C)(C)C)c2c(OC)cccc21. The van der Waals surface area contributed by atoms with Gasteiger partial charge in [-0.05, 0) is 58.8 Å². The van der Waals surface area contributed by atoms with Crippen molar-refractivity contribution in [2.75, 3.05) is 51.3 Å². The van der Waals surface area contributed by atoms with Gasteiger partial charge in [-0.3, -0.25) is 19.7 Å². The van der Waals surface area contributed by atoms with Crippen LogP contribution in [-0.2, 0) is 15.0 Å². The number of hydrogen-bond acceptors (Lipinski definition) is 8. The van der Waals surface area contributed by atoms with Crippen LogP contribution in [0.4, 0.5) is 10.5 Å². The molecule has 1 unspecified atom stereocenters. The fraction of sp³-hybridized carbons (Fsp3) is 0.520. The molecule has 36 heavy (non-hydrogen) atoms. The van der Waals surface area contributed by atoms with Crippen molar-refractivity contribution >= 4 is 50.4 Å². The van der Waals surface area contributed by atoms with E-state index in [1.807, 2.05) is 51.1 Å². The molecule has 1 atom stereocenters. The second kappa shape index (κ2) is 12.4. The summed E-state index contributed by atoms with van der Waals surface area (Å²) < 4.78 is 11.3. The molecule has 1 aliphatic rings. The highest BCUT2D eigenvalue weighted by molar-refractivity contribution is 7.98. The summed E-state index contributed by atoms with van der Waals surface area (Å²) in [7, 11) is 12.2. The molecular weight excluding hydrogens is 477 g/mol. The first-order chi connectivity index (χ1) is 16.9. The van der Waals surface area contributed by atoms with E-state index in [1.54, 1.807) is 31.3 Å². The summed E-state index contributed by atoms with van der Waals surface area (Å²) in [5.41, 5.74) is 0.358. The summed E-state index contributed by atoms with van der Waals surface area (Å²) in [5, 5.41) is 0. The van der Waals surface area contributed by atoms with E-state index in [0.717, 1.165) is 5.56 Å². The minimum atomic E-state index is -0.965. The number of fused-ring (bicyclic) bond motifs is 1. The van der Waals surface area contributed by atoms with Crippen molar-refractivity contribution in [3.8, 4) is 5.75 Å². The Bertz CT molecular complexity index is 1030. The molecule has 9 nitrogen and oxygen atoms in total. The van der Waals surface area contributed by atoms with Crippen molar-refractivity contribution in [3.05, 3.63) is 35.5 Å². The number of amidine groups is 1. The maximum absolute atomic E-state index is 13.1. The van der Waals surface area contributed by atoms with E-state index >= 15 is 0 Å². The van der Waals surface area contributed by atoms with Crippen LogP contribution >= 0.6 is 11.8 Å². The minimum absolute atomic E-state index is 0.323. The molecule has 0 bridgehead atoms. The third-order valence-electron chi connectivity index (χ3n) is 5.74. The fourth-order valence-corrected chi connectivity index (χ4v) is 4.28. The summed E-state index contributed by atoms with van der Waals surface area (Å²) in [6.45, 7) is 9.71. The van der Waals surface area contributed by atoms with Crippen molar-refractivity contribution in [1.82, 2.24) is 9.80 Å². The molecule has 1 aromatic carbocycles. The third-order valence-corrected chi connectivity index (χ3v) is 6.13. The monoisotopic (exact) mass is 513 g/mol. The molecule has 0 spiro atoms. The van der Waals surface area contributed by atoms with E-state index in [2.05, 4.69) is 16.7 Å². The molecule has 2 rings (SSSR count). The number of likely N-dealkylation sites (N-methyl/N-ethyl adjacent to an activating group) is 2. The van der Waals surface area contributed by atoms with Crippen LogP contribution in [-0.4, -0.2) is 94.7 Å². The van der Waals surface area contributed by atoms with Gasteiger partial charge in [-0.15, -0.1) is 11.8 Å². The summed E-state index contributed by atoms with van der Waals surface area (Å²) in [6, 6.07) is 5.53. The Labute approximate surface area is 220 Å². The number of benzene rings is 1. The molecule has 1 aliphatic heterocycles. The molecule has 2 radical (unpaired) electrons. The number of methoxy groups -OCH3 is 1. The number of aliphatic imine (C=N–C) groups is 2. The normalized spacial score (nSPS) is 18.5. The summed E-state index contributed by atoms with van der Waals surface area (Å²) in [4.78, 5) is 38.1. The summed E-state index contributed by atoms with van der Waals surface area (Å²) in [6.07, 6.45) is 4.18. The van der Waals surface area contributed by atoms with Crippen LogP contribution in [0.5, 0.6) is 5.75 Å². The van der Waals surface area contributed by atoms with Crippen molar-refractivity contribution in [2.45, 2.75) is 38.2 Å². The Balaban J connectivity index is 2.53. The number of carbonyl (C=O) groups is 2. The van der Waals surface area contributed by atoms with Crippen LogP contribution in [0.2, 0.25) is 0 Å². The molecule has 0 fully saturated rings. The Morgan fingerprint density at radius 3 is 2.61 bits per heavy atom. The Hall–Kier alpha value is -2.79. The number of para-hydroxylation sites is 1. The molecule has 2 amide bonds. The number of amides is 2. The van der Waals surface area contributed by atoms with Crippen molar-refractivity contribution in [2.24, 2.45) is 9.98 Å². The van der Waals surface area contributed by atoms with Crippen molar-refractivity contribution in [3.63, 3.8) is 0 Å². The number of thioether (sulfide) groups is 1. The van der Waals surface area contributed by atoms with Gasteiger partial charge in [0.25, 0.3) is 0 Å². The maximum Gasteiger partial charge on any atom is 0.414 e. The number of ether oxygens (including phenoxy) is 2. The largest absolute Gasteiger partial charge is 0.495 e. The van der Waals surface area contributed by atoms with Crippen molar-refractivity contribution in [1.29, 1.82) is 0 Å². The van der Waals surface area contributed by atoms with E-state index in [9.17, 15) is 9.59 Å². The van der Waals surface area contributed by atoms with E-state index in [1.165, 1.54) is 16.7 Å². The number of nitrogens with zero attached hydrogens (tertiary/aromatic N) is 5. The molecular formula is C25H36BN5O4S. The lowest BCUT2D eigenvalue weighted by molar-refractivity contribution is -0.114. The highest BCUT2D eigenvalue weighted by Crippen LogP contribution is 2.45. The zero-order valence-corrected chi connectivity index (χ0v) is 23.1. The Kier molecular flexibility index (Phi) is 10.2. The number of carbonyl (C=O) groups excluding carboxylic acids is 2. The van der Waals surface area contributed by atoms with Gasteiger partial charge in [0.15, 0.2) is 0 Å². The highest BCUT2D eigenvalue weighted by atomic mass is 32.2. The zero-order valence-electron chi connectivity index (χ0n) is 22.3. The van der Waals surface area contributed by atoms with Gasteiger partial charge in [-0.1, -0.05) is 12.1 Å². The summed E-state index contributed by atoms with van der Waals surface area (Å²) in [5.74, 6) is 1.48. The Morgan fingerprint density at radius 2 is 2.06 bits per heavy atom. The average Bonchev–Trinajstić information content (AvgIpc) is 2.82. The standard InChI is InChI=1S/C25H36BN5O4S/c1-24(2,3)35-23(33)31-13-12-25(26,19-10-9-11-20(34-7)21(19)31)30(6)15-18(14-27-4)22(28-16-36-8)29(5)17-32/h9-11,14,17H,4,12-13,15-16H2,1-3,5-8H3/b18-14-,28-22+. The molecule has 11 heteroatoms. The predicted octanol–water partition coefficient (Wildman–Crippen LogP) is 3.49. The molecule has 0 aliphatic carbocycles. The molecule has 194 valence electrons. The Morgan fingerprint density at radius 1 is 1.36 bits per heavy atom. The lowest BCUT2D eigenvalue weighted by Gasteiger charge is -2.47. The fourth-order valence-electron chi connectivity index (χ4n) is 4.03. The van der Waals surface area contributed by atoms with E-state index in [-0.39, 0.29) is 0 Å². The van der Waals surface area contributed by atoms with Crippen LogP contribution in [0.15, 0.2) is 40.0 Å². The minimum Gasteiger partial charge on any atom is -0.495 e. The zero-order chi connectivity index (χ0) is 27.1.